The smallest absolute Gasteiger partial charge is 0.270 e. The van der Waals surface area contributed by atoms with Crippen LogP contribution in [0.5, 0.6) is 0 Å². The summed E-state index contributed by atoms with van der Waals surface area (Å²) >= 11 is 7.98. The van der Waals surface area contributed by atoms with Crippen molar-refractivity contribution >= 4 is 60.9 Å². The first kappa shape index (κ1) is 17.0. The summed E-state index contributed by atoms with van der Waals surface area (Å²) in [6, 6.07) is 11.9. The number of hydrogen-bond donors (Lipinski definition) is 1. The van der Waals surface area contributed by atoms with Crippen molar-refractivity contribution in [1.29, 1.82) is 0 Å². The maximum absolute atomic E-state index is 11.9. The van der Waals surface area contributed by atoms with Gasteiger partial charge in [0.1, 0.15) is 0 Å². The van der Waals surface area contributed by atoms with Crippen LogP contribution >= 0.6 is 43.6 Å². The molecule has 0 spiro atoms. The average Bonchev–Trinajstić information content (AvgIpc) is 2.48. The van der Waals surface area contributed by atoms with Crippen molar-refractivity contribution in [3.05, 3.63) is 61.5 Å². The lowest BCUT2D eigenvalue weighted by Crippen LogP contribution is -2.14. The molecule has 5 nitrogen and oxygen atoms in total. The summed E-state index contributed by atoms with van der Waals surface area (Å²) in [5.74, 6) is 0.0768. The van der Waals surface area contributed by atoms with E-state index in [1.807, 2.05) is 24.3 Å². The zero-order chi connectivity index (χ0) is 16.1. The lowest BCUT2D eigenvalue weighted by Gasteiger charge is -2.07. The average molecular weight is 446 g/mol. The monoisotopic (exact) mass is 444 g/mol. The molecule has 0 aromatic heterocycles. The summed E-state index contributed by atoms with van der Waals surface area (Å²) in [7, 11) is 0. The second kappa shape index (κ2) is 7.75. The predicted molar refractivity (Wildman–Crippen MR) is 94.3 cm³/mol. The molecule has 0 fully saturated rings. The van der Waals surface area contributed by atoms with E-state index >= 15 is 0 Å². The SMILES string of the molecule is O=C(CSc1ccc(Br)cc1)Nc1ccc([N+](=O)[O-])cc1Br. The van der Waals surface area contributed by atoms with Gasteiger partial charge in [-0.05, 0) is 46.3 Å². The zero-order valence-corrected chi connectivity index (χ0v) is 15.1. The molecule has 0 saturated carbocycles. The van der Waals surface area contributed by atoms with E-state index in [1.165, 1.54) is 30.0 Å². The molecule has 1 N–H and O–H groups in total. The van der Waals surface area contributed by atoms with E-state index in [1.54, 1.807) is 0 Å². The number of nitrogens with one attached hydrogen (secondary N) is 1. The minimum atomic E-state index is -0.486. The normalized spacial score (nSPS) is 10.3. The molecule has 0 aliphatic rings. The zero-order valence-electron chi connectivity index (χ0n) is 11.1. The molecule has 1 amide bonds. The van der Waals surface area contributed by atoms with Gasteiger partial charge in [0, 0.05) is 26.0 Å². The summed E-state index contributed by atoms with van der Waals surface area (Å²) in [6.07, 6.45) is 0. The molecule has 0 unspecified atom stereocenters. The summed E-state index contributed by atoms with van der Waals surface area (Å²) < 4.78 is 1.46. The number of nitro benzene ring substituents is 1. The van der Waals surface area contributed by atoms with E-state index in [-0.39, 0.29) is 17.3 Å². The number of rotatable bonds is 5. The molecule has 0 radical (unpaired) electrons. The van der Waals surface area contributed by atoms with E-state index in [0.717, 1.165) is 9.37 Å². The first-order valence-corrected chi connectivity index (χ1v) is 8.65. The molecular formula is C14H10Br2N2O3S. The van der Waals surface area contributed by atoms with Gasteiger partial charge in [-0.25, -0.2) is 0 Å². The number of hydrogen-bond acceptors (Lipinski definition) is 4. The largest absolute Gasteiger partial charge is 0.324 e. The van der Waals surface area contributed by atoms with Gasteiger partial charge in [0.25, 0.3) is 5.69 Å². The Bertz CT molecular complexity index is 708. The van der Waals surface area contributed by atoms with Crippen LogP contribution < -0.4 is 5.32 Å². The Morgan fingerprint density at radius 2 is 1.86 bits per heavy atom. The summed E-state index contributed by atoms with van der Waals surface area (Å²) in [5, 5.41) is 13.4. The molecule has 0 heterocycles. The van der Waals surface area contributed by atoms with E-state index in [4.69, 9.17) is 0 Å². The van der Waals surface area contributed by atoms with Gasteiger partial charge in [0.05, 0.1) is 16.4 Å². The maximum atomic E-state index is 11.9. The molecule has 0 aliphatic carbocycles. The van der Waals surface area contributed by atoms with Crippen molar-refractivity contribution in [2.24, 2.45) is 0 Å². The van der Waals surface area contributed by atoms with Crippen molar-refractivity contribution in [3.63, 3.8) is 0 Å². The highest BCUT2D eigenvalue weighted by molar-refractivity contribution is 9.10. The third-order valence-electron chi connectivity index (χ3n) is 2.62. The lowest BCUT2D eigenvalue weighted by molar-refractivity contribution is -0.384. The number of thioether (sulfide) groups is 1. The van der Waals surface area contributed by atoms with Crippen LogP contribution in [0.25, 0.3) is 0 Å². The Labute approximate surface area is 147 Å². The Morgan fingerprint density at radius 3 is 2.45 bits per heavy atom. The number of nitro groups is 1. The molecule has 2 aromatic rings. The number of anilines is 1. The third kappa shape index (κ3) is 4.82. The van der Waals surface area contributed by atoms with Gasteiger partial charge in [-0.3, -0.25) is 14.9 Å². The molecule has 22 heavy (non-hydrogen) atoms. The van der Waals surface area contributed by atoms with Gasteiger partial charge in [-0.1, -0.05) is 15.9 Å². The predicted octanol–water partition coefficient (Wildman–Crippen LogP) is 4.85. The minimum Gasteiger partial charge on any atom is -0.324 e. The molecule has 8 heteroatoms. The number of benzene rings is 2. The van der Waals surface area contributed by atoms with E-state index in [0.29, 0.717) is 10.2 Å². The standard InChI is InChI=1S/C14H10Br2N2O3S/c15-9-1-4-11(5-2-9)22-8-14(19)17-13-6-3-10(18(20)21)7-12(13)16/h1-7H,8H2,(H,17,19). The van der Waals surface area contributed by atoms with E-state index in [9.17, 15) is 14.9 Å². The maximum Gasteiger partial charge on any atom is 0.270 e. The van der Waals surface area contributed by atoms with E-state index < -0.39 is 4.92 Å². The number of carbonyl (C=O) groups is 1. The number of amides is 1. The topological polar surface area (TPSA) is 72.2 Å². The van der Waals surface area contributed by atoms with Crippen LogP contribution in [0.2, 0.25) is 0 Å². The van der Waals surface area contributed by atoms with Crippen LogP contribution in [0.3, 0.4) is 0 Å². The molecule has 2 rings (SSSR count). The van der Waals surface area contributed by atoms with Crippen molar-refractivity contribution < 1.29 is 9.72 Å². The van der Waals surface area contributed by atoms with Crippen LogP contribution in [-0.4, -0.2) is 16.6 Å². The summed E-state index contributed by atoms with van der Waals surface area (Å²) in [6.45, 7) is 0. The highest BCUT2D eigenvalue weighted by Gasteiger charge is 2.11. The molecule has 0 atom stereocenters. The van der Waals surface area contributed by atoms with Crippen LogP contribution in [0.4, 0.5) is 11.4 Å². The van der Waals surface area contributed by atoms with Gasteiger partial charge in [0.2, 0.25) is 5.91 Å². The van der Waals surface area contributed by atoms with Crippen LogP contribution in [-0.2, 0) is 4.79 Å². The number of halogens is 2. The number of nitrogens with zero attached hydrogens (tertiary/aromatic N) is 1. The van der Waals surface area contributed by atoms with Crippen LogP contribution in [0.1, 0.15) is 0 Å². The van der Waals surface area contributed by atoms with Gasteiger partial charge >= 0.3 is 0 Å². The van der Waals surface area contributed by atoms with Gasteiger partial charge < -0.3 is 5.32 Å². The molecule has 2 aromatic carbocycles. The quantitative estimate of drug-likeness (QED) is 0.405. The Balaban J connectivity index is 1.94. The Hall–Kier alpha value is -1.38. The van der Waals surface area contributed by atoms with Crippen molar-refractivity contribution in [2.45, 2.75) is 4.90 Å². The first-order valence-electron chi connectivity index (χ1n) is 6.08. The third-order valence-corrected chi connectivity index (χ3v) is 4.82. The minimum absolute atomic E-state index is 0.0332. The molecule has 0 bridgehead atoms. The highest BCUT2D eigenvalue weighted by Crippen LogP contribution is 2.27. The molecule has 0 aliphatic heterocycles. The fourth-order valence-corrected chi connectivity index (χ4v) is 3.01. The number of carbonyl (C=O) groups excluding carboxylic acids is 1. The summed E-state index contributed by atoms with van der Waals surface area (Å²) in [5.41, 5.74) is 0.473. The van der Waals surface area contributed by atoms with Crippen molar-refractivity contribution in [3.8, 4) is 0 Å². The van der Waals surface area contributed by atoms with Gasteiger partial charge in [0.15, 0.2) is 0 Å². The fraction of sp³-hybridized carbons (Fsp3) is 0.0714. The second-order valence-corrected chi connectivity index (χ2v) is 7.03. The van der Waals surface area contributed by atoms with Gasteiger partial charge in [-0.15, -0.1) is 11.8 Å². The molecular weight excluding hydrogens is 436 g/mol. The van der Waals surface area contributed by atoms with E-state index in [2.05, 4.69) is 37.2 Å². The summed E-state index contributed by atoms with van der Waals surface area (Å²) in [4.78, 5) is 23.1. The number of non-ortho nitro benzene ring substituents is 1. The molecule has 114 valence electrons. The molecule has 0 saturated heterocycles. The van der Waals surface area contributed by atoms with Gasteiger partial charge in [-0.2, -0.15) is 0 Å². The second-order valence-electron chi connectivity index (χ2n) is 4.21. The Morgan fingerprint density at radius 1 is 1.18 bits per heavy atom. The van der Waals surface area contributed by atoms with Crippen molar-refractivity contribution in [2.75, 3.05) is 11.1 Å². The van der Waals surface area contributed by atoms with Crippen molar-refractivity contribution in [1.82, 2.24) is 0 Å². The van der Waals surface area contributed by atoms with Crippen LogP contribution in [0, 0.1) is 10.1 Å². The highest BCUT2D eigenvalue weighted by atomic mass is 79.9. The van der Waals surface area contributed by atoms with Crippen LogP contribution in [0.15, 0.2) is 56.3 Å². The Kier molecular flexibility index (Phi) is 5.98. The lowest BCUT2D eigenvalue weighted by atomic mass is 10.3. The first-order chi connectivity index (χ1) is 10.5. The fourth-order valence-electron chi connectivity index (χ4n) is 1.58.